The highest BCUT2D eigenvalue weighted by Crippen LogP contribution is 2.26. The van der Waals surface area contributed by atoms with E-state index in [2.05, 4.69) is 10.1 Å². The van der Waals surface area contributed by atoms with Crippen LogP contribution in [0, 0.1) is 5.82 Å². The number of hydrogen-bond acceptors (Lipinski definition) is 3. The van der Waals surface area contributed by atoms with Gasteiger partial charge in [0.2, 0.25) is 0 Å². The lowest BCUT2D eigenvalue weighted by atomic mass is 10.1. The summed E-state index contributed by atoms with van der Waals surface area (Å²) in [5.41, 5.74) is 1.44. The first-order valence-electron chi connectivity index (χ1n) is 9.20. The summed E-state index contributed by atoms with van der Waals surface area (Å²) in [5.74, 6) is -0.309. The van der Waals surface area contributed by atoms with E-state index in [0.717, 1.165) is 5.69 Å². The first-order valence-corrected chi connectivity index (χ1v) is 9.58. The van der Waals surface area contributed by atoms with Crippen molar-refractivity contribution in [1.82, 2.24) is 19.3 Å². The van der Waals surface area contributed by atoms with Crippen LogP contribution in [-0.4, -0.2) is 19.3 Å². The molecule has 30 heavy (non-hydrogen) atoms. The molecule has 3 aromatic carbocycles. The van der Waals surface area contributed by atoms with E-state index >= 15 is 0 Å². The Labute approximate surface area is 175 Å². The van der Waals surface area contributed by atoms with Crippen LogP contribution in [0.1, 0.15) is 0 Å². The third kappa shape index (κ3) is 2.98. The fraction of sp³-hybridized carbons (Fsp3) is 0. The molecule has 5 rings (SSSR count). The SMILES string of the molecule is O=c1c2cnn(-c3ccccc3)c2nc(-c2ccccc2F)n1-c1cccc(Cl)c1. The van der Waals surface area contributed by atoms with Gasteiger partial charge in [0.15, 0.2) is 11.5 Å². The molecule has 146 valence electrons. The highest BCUT2D eigenvalue weighted by molar-refractivity contribution is 6.30. The van der Waals surface area contributed by atoms with Gasteiger partial charge in [0.05, 0.1) is 23.1 Å². The number of fused-ring (bicyclic) bond motifs is 1. The number of nitrogens with zero attached hydrogens (tertiary/aromatic N) is 4. The zero-order valence-electron chi connectivity index (χ0n) is 15.5. The molecular weight excluding hydrogens is 403 g/mol. The van der Waals surface area contributed by atoms with Crippen molar-refractivity contribution in [3.8, 4) is 22.8 Å². The zero-order chi connectivity index (χ0) is 20.7. The van der Waals surface area contributed by atoms with Crippen LogP contribution in [0.4, 0.5) is 4.39 Å². The summed E-state index contributed by atoms with van der Waals surface area (Å²) < 4.78 is 17.7. The molecule has 0 aliphatic rings. The molecule has 0 N–H and O–H groups in total. The maximum atomic E-state index is 14.7. The normalized spacial score (nSPS) is 11.1. The summed E-state index contributed by atoms with van der Waals surface area (Å²) in [6, 6.07) is 22.4. The van der Waals surface area contributed by atoms with Crippen LogP contribution in [0.25, 0.3) is 33.8 Å². The smallest absolute Gasteiger partial charge is 0.268 e. The van der Waals surface area contributed by atoms with E-state index in [1.54, 1.807) is 47.1 Å². The monoisotopic (exact) mass is 416 g/mol. The molecule has 2 heterocycles. The van der Waals surface area contributed by atoms with Gasteiger partial charge in [-0.25, -0.2) is 14.1 Å². The minimum Gasteiger partial charge on any atom is -0.268 e. The topological polar surface area (TPSA) is 52.7 Å². The summed E-state index contributed by atoms with van der Waals surface area (Å²) in [5, 5.41) is 5.13. The van der Waals surface area contributed by atoms with Gasteiger partial charge in [-0.3, -0.25) is 9.36 Å². The fourth-order valence-electron chi connectivity index (χ4n) is 3.40. The van der Waals surface area contributed by atoms with Crippen LogP contribution in [0.2, 0.25) is 5.02 Å². The number of benzene rings is 3. The summed E-state index contributed by atoms with van der Waals surface area (Å²) in [7, 11) is 0. The number of halogens is 2. The van der Waals surface area contributed by atoms with E-state index in [-0.39, 0.29) is 16.9 Å². The van der Waals surface area contributed by atoms with Gasteiger partial charge in [0, 0.05) is 5.02 Å². The molecule has 0 aliphatic carbocycles. The van der Waals surface area contributed by atoms with Gasteiger partial charge in [-0.1, -0.05) is 48.0 Å². The quantitative estimate of drug-likeness (QED) is 0.414. The molecule has 0 atom stereocenters. The lowest BCUT2D eigenvalue weighted by molar-refractivity contribution is 0.629. The maximum Gasteiger partial charge on any atom is 0.269 e. The van der Waals surface area contributed by atoms with E-state index in [1.807, 2.05) is 30.3 Å². The average molecular weight is 417 g/mol. The van der Waals surface area contributed by atoms with Crippen LogP contribution in [0.5, 0.6) is 0 Å². The molecule has 2 aromatic heterocycles. The molecule has 0 fully saturated rings. The number of para-hydroxylation sites is 1. The van der Waals surface area contributed by atoms with Gasteiger partial charge in [-0.05, 0) is 42.5 Å². The van der Waals surface area contributed by atoms with E-state index < -0.39 is 5.82 Å². The molecule has 0 saturated heterocycles. The highest BCUT2D eigenvalue weighted by Gasteiger charge is 2.20. The van der Waals surface area contributed by atoms with Crippen molar-refractivity contribution in [2.75, 3.05) is 0 Å². The lowest BCUT2D eigenvalue weighted by Gasteiger charge is -2.14. The predicted molar refractivity (Wildman–Crippen MR) is 115 cm³/mol. The van der Waals surface area contributed by atoms with Crippen molar-refractivity contribution in [2.45, 2.75) is 0 Å². The first-order chi connectivity index (χ1) is 14.6. The Morgan fingerprint density at radius 1 is 0.867 bits per heavy atom. The van der Waals surface area contributed by atoms with Gasteiger partial charge >= 0.3 is 0 Å². The molecule has 0 spiro atoms. The molecule has 5 aromatic rings. The third-order valence-corrected chi connectivity index (χ3v) is 5.02. The van der Waals surface area contributed by atoms with E-state index in [4.69, 9.17) is 11.6 Å². The first kappa shape index (κ1) is 18.3. The second kappa shape index (κ2) is 7.24. The molecule has 0 bridgehead atoms. The summed E-state index contributed by atoms with van der Waals surface area (Å²) in [6.45, 7) is 0. The van der Waals surface area contributed by atoms with Crippen LogP contribution >= 0.6 is 11.6 Å². The maximum absolute atomic E-state index is 14.7. The number of rotatable bonds is 3. The van der Waals surface area contributed by atoms with Crippen molar-refractivity contribution < 1.29 is 4.39 Å². The van der Waals surface area contributed by atoms with Crippen molar-refractivity contribution in [2.24, 2.45) is 0 Å². The Morgan fingerprint density at radius 2 is 1.60 bits per heavy atom. The Balaban J connectivity index is 1.89. The third-order valence-electron chi connectivity index (χ3n) is 4.78. The molecule has 0 amide bonds. The Kier molecular flexibility index (Phi) is 4.41. The Morgan fingerprint density at radius 3 is 2.37 bits per heavy atom. The average Bonchev–Trinajstić information content (AvgIpc) is 3.19. The van der Waals surface area contributed by atoms with Gasteiger partial charge in [-0.15, -0.1) is 0 Å². The number of hydrogen-bond donors (Lipinski definition) is 0. The van der Waals surface area contributed by atoms with E-state index in [9.17, 15) is 9.18 Å². The van der Waals surface area contributed by atoms with Crippen molar-refractivity contribution in [1.29, 1.82) is 0 Å². The van der Waals surface area contributed by atoms with E-state index in [1.165, 1.54) is 16.8 Å². The summed E-state index contributed by atoms with van der Waals surface area (Å²) >= 11 is 6.15. The predicted octanol–water partition coefficient (Wildman–Crippen LogP) is 5.03. The minimum atomic E-state index is -0.481. The molecule has 5 nitrogen and oxygen atoms in total. The molecule has 0 radical (unpaired) electrons. The van der Waals surface area contributed by atoms with Gasteiger partial charge in [-0.2, -0.15) is 5.10 Å². The standard InChI is InChI=1S/C23H14ClFN4O/c24-15-7-6-10-17(13-15)28-21(18-11-4-5-12-20(18)25)27-22-19(23(28)30)14-26-29(22)16-8-2-1-3-9-16/h1-14H. The Bertz CT molecular complexity index is 1440. The van der Waals surface area contributed by atoms with Crippen molar-refractivity contribution >= 4 is 22.6 Å². The number of aromatic nitrogens is 4. The summed E-state index contributed by atoms with van der Waals surface area (Å²) in [6.07, 6.45) is 1.48. The largest absolute Gasteiger partial charge is 0.269 e. The van der Waals surface area contributed by atoms with Crippen LogP contribution in [0.3, 0.4) is 0 Å². The molecule has 0 aliphatic heterocycles. The summed E-state index contributed by atoms with van der Waals surface area (Å²) in [4.78, 5) is 18.2. The molecule has 0 unspecified atom stereocenters. The molecule has 7 heteroatoms. The van der Waals surface area contributed by atoms with E-state index in [0.29, 0.717) is 21.7 Å². The second-order valence-electron chi connectivity index (χ2n) is 6.66. The lowest BCUT2D eigenvalue weighted by Crippen LogP contribution is -2.22. The van der Waals surface area contributed by atoms with Crippen LogP contribution in [0.15, 0.2) is 89.9 Å². The highest BCUT2D eigenvalue weighted by atomic mass is 35.5. The fourth-order valence-corrected chi connectivity index (χ4v) is 3.59. The van der Waals surface area contributed by atoms with Gasteiger partial charge < -0.3 is 0 Å². The molecule has 0 saturated carbocycles. The second-order valence-corrected chi connectivity index (χ2v) is 7.10. The van der Waals surface area contributed by atoms with Crippen molar-refractivity contribution in [3.05, 3.63) is 106 Å². The minimum absolute atomic E-state index is 0.172. The Hall–Kier alpha value is -3.77. The van der Waals surface area contributed by atoms with Gasteiger partial charge in [0.1, 0.15) is 11.2 Å². The van der Waals surface area contributed by atoms with Crippen molar-refractivity contribution in [3.63, 3.8) is 0 Å². The molecular formula is C23H14ClFN4O. The zero-order valence-corrected chi connectivity index (χ0v) is 16.3. The van der Waals surface area contributed by atoms with Gasteiger partial charge in [0.25, 0.3) is 5.56 Å². The van der Waals surface area contributed by atoms with Crippen LogP contribution in [-0.2, 0) is 0 Å². The van der Waals surface area contributed by atoms with Crippen LogP contribution < -0.4 is 5.56 Å².